The monoisotopic (exact) mass is 341 g/mol. The third kappa shape index (κ3) is 3.02. The van der Waals surface area contributed by atoms with E-state index in [4.69, 9.17) is 4.74 Å². The molecule has 128 valence electrons. The lowest BCUT2D eigenvalue weighted by atomic mass is 9.86. The van der Waals surface area contributed by atoms with Crippen molar-refractivity contribution in [2.45, 2.75) is 25.9 Å². The van der Waals surface area contributed by atoms with Gasteiger partial charge in [-0.05, 0) is 43.0 Å². The summed E-state index contributed by atoms with van der Waals surface area (Å²) in [5, 5.41) is 1.14. The molecule has 0 radical (unpaired) electrons. The van der Waals surface area contributed by atoms with E-state index < -0.39 is 11.6 Å². The zero-order chi connectivity index (χ0) is 17.4. The Morgan fingerprint density at radius 1 is 1.20 bits per heavy atom. The van der Waals surface area contributed by atoms with Crippen molar-refractivity contribution in [1.29, 1.82) is 0 Å². The molecule has 0 fully saturated rings. The second-order valence-electron chi connectivity index (χ2n) is 6.41. The van der Waals surface area contributed by atoms with Crippen LogP contribution < -0.4 is 0 Å². The number of esters is 1. The van der Waals surface area contributed by atoms with E-state index in [9.17, 15) is 13.6 Å². The molecule has 25 heavy (non-hydrogen) atoms. The lowest BCUT2D eigenvalue weighted by molar-refractivity contribution is -0.150. The van der Waals surface area contributed by atoms with Crippen molar-refractivity contribution in [2.24, 2.45) is 5.92 Å². The van der Waals surface area contributed by atoms with Crippen molar-refractivity contribution in [3.05, 3.63) is 70.9 Å². The van der Waals surface area contributed by atoms with Gasteiger partial charge in [0.15, 0.2) is 0 Å². The number of carbonyl (C=O) groups is 1. The number of hydrogen-bond acceptors (Lipinski definition) is 2. The van der Waals surface area contributed by atoms with Crippen LogP contribution in [0.2, 0.25) is 0 Å². The number of hydrogen-bond donors (Lipinski definition) is 1. The number of carbonyl (C=O) groups excluding carboxylic acids is 1. The first-order chi connectivity index (χ1) is 12.1. The van der Waals surface area contributed by atoms with Gasteiger partial charge >= 0.3 is 5.97 Å². The summed E-state index contributed by atoms with van der Waals surface area (Å²) in [4.78, 5) is 15.8. The average Bonchev–Trinajstić information content (AvgIpc) is 2.98. The van der Waals surface area contributed by atoms with Crippen LogP contribution in [0.5, 0.6) is 0 Å². The van der Waals surface area contributed by atoms with Crippen LogP contribution in [0.4, 0.5) is 8.78 Å². The summed E-state index contributed by atoms with van der Waals surface area (Å²) in [6.07, 6.45) is 2.10. The number of rotatable bonds is 3. The predicted octanol–water partition coefficient (Wildman–Crippen LogP) is 4.29. The Morgan fingerprint density at radius 3 is 2.88 bits per heavy atom. The van der Waals surface area contributed by atoms with E-state index >= 15 is 0 Å². The Morgan fingerprint density at radius 2 is 2.04 bits per heavy atom. The second kappa shape index (κ2) is 6.31. The molecule has 1 heterocycles. The molecule has 0 aliphatic heterocycles. The summed E-state index contributed by atoms with van der Waals surface area (Å²) in [6, 6.07) is 11.3. The number of aryl methyl sites for hydroxylation is 1. The maximum atomic E-state index is 13.6. The fourth-order valence-corrected chi connectivity index (χ4v) is 3.48. The van der Waals surface area contributed by atoms with E-state index in [1.165, 1.54) is 11.8 Å². The normalized spacial score (nSPS) is 16.6. The van der Waals surface area contributed by atoms with Crippen molar-refractivity contribution < 1.29 is 18.3 Å². The Balaban J connectivity index is 1.46. The SMILES string of the molecule is O=C(OCc1ccc(F)cc1F)C1CCc2[nH]c3ccccc3c2C1. The van der Waals surface area contributed by atoms with Crippen molar-refractivity contribution in [2.75, 3.05) is 0 Å². The highest BCUT2D eigenvalue weighted by Crippen LogP contribution is 2.32. The molecule has 1 N–H and O–H groups in total. The average molecular weight is 341 g/mol. The van der Waals surface area contributed by atoms with E-state index in [0.717, 1.165) is 35.0 Å². The molecule has 3 aromatic rings. The van der Waals surface area contributed by atoms with Crippen LogP contribution >= 0.6 is 0 Å². The fourth-order valence-electron chi connectivity index (χ4n) is 3.48. The van der Waals surface area contributed by atoms with Gasteiger partial charge in [0.2, 0.25) is 0 Å². The molecule has 4 rings (SSSR count). The van der Waals surface area contributed by atoms with Gasteiger partial charge in [-0.2, -0.15) is 0 Å². The maximum Gasteiger partial charge on any atom is 0.309 e. The van der Waals surface area contributed by atoms with E-state index in [0.29, 0.717) is 12.8 Å². The summed E-state index contributed by atoms with van der Waals surface area (Å²) in [7, 11) is 0. The van der Waals surface area contributed by atoms with E-state index in [2.05, 4.69) is 4.98 Å². The maximum absolute atomic E-state index is 13.6. The van der Waals surface area contributed by atoms with Gasteiger partial charge in [-0.3, -0.25) is 4.79 Å². The summed E-state index contributed by atoms with van der Waals surface area (Å²) < 4.78 is 31.8. The van der Waals surface area contributed by atoms with Crippen LogP contribution in [0.1, 0.15) is 23.2 Å². The number of aromatic nitrogens is 1. The van der Waals surface area contributed by atoms with Gasteiger partial charge in [-0.15, -0.1) is 0 Å². The van der Waals surface area contributed by atoms with Crippen LogP contribution in [0.25, 0.3) is 10.9 Å². The summed E-state index contributed by atoms with van der Waals surface area (Å²) in [5.74, 6) is -1.92. The zero-order valence-corrected chi connectivity index (χ0v) is 13.5. The largest absolute Gasteiger partial charge is 0.460 e. The van der Waals surface area contributed by atoms with Crippen molar-refractivity contribution in [1.82, 2.24) is 4.98 Å². The molecule has 0 amide bonds. The smallest absolute Gasteiger partial charge is 0.309 e. The summed E-state index contributed by atoms with van der Waals surface area (Å²) >= 11 is 0. The van der Waals surface area contributed by atoms with Crippen molar-refractivity contribution >= 4 is 16.9 Å². The minimum Gasteiger partial charge on any atom is -0.460 e. The Kier molecular flexibility index (Phi) is 3.99. The van der Waals surface area contributed by atoms with E-state index in [-0.39, 0.29) is 24.1 Å². The Hall–Kier alpha value is -2.69. The van der Waals surface area contributed by atoms with Gasteiger partial charge in [-0.25, -0.2) is 8.78 Å². The second-order valence-corrected chi connectivity index (χ2v) is 6.41. The van der Waals surface area contributed by atoms with E-state index in [1.807, 2.05) is 24.3 Å². The number of ether oxygens (including phenoxy) is 1. The third-order valence-electron chi connectivity index (χ3n) is 4.81. The molecule has 1 unspecified atom stereocenters. The fraction of sp³-hybridized carbons (Fsp3) is 0.250. The van der Waals surface area contributed by atoms with Gasteiger partial charge < -0.3 is 9.72 Å². The topological polar surface area (TPSA) is 42.1 Å². The highest BCUT2D eigenvalue weighted by Gasteiger charge is 2.28. The predicted molar refractivity (Wildman–Crippen MR) is 90.0 cm³/mol. The molecule has 1 aromatic heterocycles. The molecule has 5 heteroatoms. The number of para-hydroxylation sites is 1. The molecule has 1 aliphatic carbocycles. The minimum atomic E-state index is -0.699. The molecular formula is C20H17F2NO2. The van der Waals surface area contributed by atoms with Crippen LogP contribution in [-0.4, -0.2) is 11.0 Å². The molecule has 1 atom stereocenters. The van der Waals surface area contributed by atoms with Gasteiger partial charge in [0, 0.05) is 28.2 Å². The Labute approximate surface area is 143 Å². The minimum absolute atomic E-state index is 0.178. The summed E-state index contributed by atoms with van der Waals surface area (Å²) in [5.41, 5.74) is 3.60. The molecule has 2 aromatic carbocycles. The first kappa shape index (κ1) is 15.8. The molecule has 0 saturated carbocycles. The number of fused-ring (bicyclic) bond motifs is 3. The molecule has 0 bridgehead atoms. The highest BCUT2D eigenvalue weighted by atomic mass is 19.1. The zero-order valence-electron chi connectivity index (χ0n) is 13.5. The molecular weight excluding hydrogens is 324 g/mol. The van der Waals surface area contributed by atoms with Crippen LogP contribution in [0.3, 0.4) is 0 Å². The molecule has 0 saturated heterocycles. The summed E-state index contributed by atoms with van der Waals surface area (Å²) in [6.45, 7) is -0.178. The lowest BCUT2D eigenvalue weighted by Crippen LogP contribution is -2.24. The number of H-pyrrole nitrogens is 1. The van der Waals surface area contributed by atoms with Gasteiger partial charge in [0.1, 0.15) is 18.2 Å². The van der Waals surface area contributed by atoms with Crippen LogP contribution in [0.15, 0.2) is 42.5 Å². The Bertz CT molecular complexity index is 948. The third-order valence-corrected chi connectivity index (χ3v) is 4.81. The van der Waals surface area contributed by atoms with Gasteiger partial charge in [-0.1, -0.05) is 18.2 Å². The molecule has 3 nitrogen and oxygen atoms in total. The van der Waals surface area contributed by atoms with Crippen LogP contribution in [0, 0.1) is 17.6 Å². The molecule has 1 aliphatic rings. The number of benzene rings is 2. The van der Waals surface area contributed by atoms with Crippen LogP contribution in [-0.2, 0) is 29.0 Å². The van der Waals surface area contributed by atoms with Crippen molar-refractivity contribution in [3.63, 3.8) is 0 Å². The van der Waals surface area contributed by atoms with Crippen molar-refractivity contribution in [3.8, 4) is 0 Å². The molecule has 0 spiro atoms. The first-order valence-corrected chi connectivity index (χ1v) is 8.31. The van der Waals surface area contributed by atoms with Gasteiger partial charge in [0.25, 0.3) is 0 Å². The lowest BCUT2D eigenvalue weighted by Gasteiger charge is -2.21. The number of halogens is 2. The highest BCUT2D eigenvalue weighted by molar-refractivity contribution is 5.86. The number of nitrogens with one attached hydrogen (secondary N) is 1. The standard InChI is InChI=1S/C20H17F2NO2/c21-14-7-5-13(17(22)10-14)11-25-20(24)12-6-8-19-16(9-12)15-3-1-2-4-18(15)23-19/h1-5,7,10,12,23H,6,8-9,11H2. The van der Waals surface area contributed by atoms with E-state index in [1.54, 1.807) is 0 Å². The number of aromatic amines is 1. The van der Waals surface area contributed by atoms with Gasteiger partial charge in [0.05, 0.1) is 5.92 Å². The quantitative estimate of drug-likeness (QED) is 0.722. The first-order valence-electron chi connectivity index (χ1n) is 8.31.